The van der Waals surface area contributed by atoms with Crippen molar-refractivity contribution < 1.29 is 0 Å². The fourth-order valence-electron chi connectivity index (χ4n) is 1.56. The van der Waals surface area contributed by atoms with Crippen molar-refractivity contribution in [3.63, 3.8) is 0 Å². The van der Waals surface area contributed by atoms with E-state index in [9.17, 15) is 0 Å². The minimum atomic E-state index is -0.00868. The Morgan fingerprint density at radius 1 is 1.64 bits per heavy atom. The van der Waals surface area contributed by atoms with Gasteiger partial charge in [-0.1, -0.05) is 0 Å². The van der Waals surface area contributed by atoms with Crippen molar-refractivity contribution in [2.45, 2.75) is 31.7 Å². The van der Waals surface area contributed by atoms with E-state index in [0.29, 0.717) is 0 Å². The van der Waals surface area contributed by atoms with E-state index >= 15 is 0 Å². The molecular weight excluding hydrogens is 156 g/mol. The van der Waals surface area contributed by atoms with Crippen molar-refractivity contribution in [1.29, 1.82) is 0 Å². The molecule has 1 fully saturated rings. The largest absolute Gasteiger partial charge is 0.321 e. The Labute approximate surface area is 70.5 Å². The Hall–Kier alpha value is -0.410. The highest BCUT2D eigenvalue weighted by Gasteiger charge is 2.36. The molecule has 0 bridgehead atoms. The number of rotatable bonds is 1. The van der Waals surface area contributed by atoms with Gasteiger partial charge in [0.1, 0.15) is 0 Å². The second-order valence-electron chi connectivity index (χ2n) is 3.28. The lowest BCUT2D eigenvalue weighted by atomic mass is 9.76. The highest BCUT2D eigenvalue weighted by atomic mass is 32.1. The highest BCUT2D eigenvalue weighted by molar-refractivity contribution is 7.09. The van der Waals surface area contributed by atoms with Crippen LogP contribution in [0.5, 0.6) is 0 Å². The van der Waals surface area contributed by atoms with Crippen molar-refractivity contribution >= 4 is 11.3 Å². The monoisotopic (exact) mass is 168 g/mol. The predicted octanol–water partition coefficient (Wildman–Crippen LogP) is 1.79. The van der Waals surface area contributed by atoms with Crippen LogP contribution in [0, 0.1) is 6.92 Å². The topological polar surface area (TPSA) is 38.9 Å². The van der Waals surface area contributed by atoms with Crippen LogP contribution in [-0.2, 0) is 5.54 Å². The van der Waals surface area contributed by atoms with Crippen molar-refractivity contribution in [3.05, 3.63) is 16.1 Å². The number of nitrogens with zero attached hydrogens (tertiary/aromatic N) is 1. The molecule has 3 heteroatoms. The van der Waals surface area contributed by atoms with Crippen molar-refractivity contribution in [3.8, 4) is 0 Å². The Balaban J connectivity index is 2.35. The van der Waals surface area contributed by atoms with Crippen LogP contribution in [0.4, 0.5) is 0 Å². The predicted molar refractivity (Wildman–Crippen MR) is 46.6 cm³/mol. The summed E-state index contributed by atoms with van der Waals surface area (Å²) in [5.41, 5.74) is 9.14. The lowest BCUT2D eigenvalue weighted by molar-refractivity contribution is 0.257. The van der Waals surface area contributed by atoms with Gasteiger partial charge in [0.05, 0.1) is 16.7 Å². The zero-order valence-corrected chi connectivity index (χ0v) is 7.45. The summed E-state index contributed by atoms with van der Waals surface area (Å²) in [6.07, 6.45) is 3.54. The third kappa shape index (κ3) is 0.993. The first-order chi connectivity index (χ1) is 5.22. The quantitative estimate of drug-likeness (QED) is 0.694. The molecule has 0 saturated heterocycles. The zero-order valence-electron chi connectivity index (χ0n) is 6.63. The van der Waals surface area contributed by atoms with Crippen LogP contribution in [0.15, 0.2) is 5.51 Å². The maximum Gasteiger partial charge on any atom is 0.0798 e. The van der Waals surface area contributed by atoms with E-state index in [1.807, 2.05) is 12.4 Å². The molecule has 2 N–H and O–H groups in total. The number of hydrogen-bond acceptors (Lipinski definition) is 3. The summed E-state index contributed by atoms with van der Waals surface area (Å²) in [4.78, 5) is 5.50. The summed E-state index contributed by atoms with van der Waals surface area (Å²) in [6, 6.07) is 0. The Kier molecular flexibility index (Phi) is 1.51. The number of hydrogen-bond donors (Lipinski definition) is 1. The molecule has 2 rings (SSSR count). The molecule has 60 valence electrons. The maximum atomic E-state index is 6.14. The standard InChI is InChI=1S/C8H12N2S/c1-6-7(11-5-10-6)8(9)3-2-4-8/h5H,2-4,9H2,1H3. The van der Waals surface area contributed by atoms with Crippen molar-refractivity contribution in [1.82, 2.24) is 4.98 Å². The fraction of sp³-hybridized carbons (Fsp3) is 0.625. The average Bonchev–Trinajstić information content (AvgIpc) is 2.30. The van der Waals surface area contributed by atoms with Gasteiger partial charge in [-0.15, -0.1) is 11.3 Å². The van der Waals surface area contributed by atoms with Crippen LogP contribution in [-0.4, -0.2) is 4.98 Å². The normalized spacial score (nSPS) is 21.3. The van der Waals surface area contributed by atoms with Gasteiger partial charge in [0.2, 0.25) is 0 Å². The first kappa shape index (κ1) is 7.25. The van der Waals surface area contributed by atoms with Gasteiger partial charge in [-0.05, 0) is 26.2 Å². The molecule has 1 aromatic heterocycles. The smallest absolute Gasteiger partial charge is 0.0798 e. The summed E-state index contributed by atoms with van der Waals surface area (Å²) < 4.78 is 0. The van der Waals surface area contributed by atoms with Gasteiger partial charge >= 0.3 is 0 Å². The van der Waals surface area contributed by atoms with E-state index in [1.165, 1.54) is 11.3 Å². The molecule has 1 aliphatic carbocycles. The molecule has 0 aliphatic heterocycles. The van der Waals surface area contributed by atoms with E-state index in [-0.39, 0.29) is 5.54 Å². The Morgan fingerprint density at radius 3 is 2.73 bits per heavy atom. The number of aryl methyl sites for hydroxylation is 1. The van der Waals surface area contributed by atoms with E-state index in [0.717, 1.165) is 18.5 Å². The minimum Gasteiger partial charge on any atom is -0.321 e. The van der Waals surface area contributed by atoms with Crippen LogP contribution < -0.4 is 5.73 Å². The average molecular weight is 168 g/mol. The number of aromatic nitrogens is 1. The van der Waals surface area contributed by atoms with Gasteiger partial charge < -0.3 is 5.73 Å². The molecule has 1 saturated carbocycles. The van der Waals surface area contributed by atoms with Gasteiger partial charge in [0.25, 0.3) is 0 Å². The summed E-state index contributed by atoms with van der Waals surface area (Å²) >= 11 is 1.70. The van der Waals surface area contributed by atoms with Crippen LogP contribution in [0.2, 0.25) is 0 Å². The molecule has 0 atom stereocenters. The van der Waals surface area contributed by atoms with E-state index in [4.69, 9.17) is 5.73 Å². The highest BCUT2D eigenvalue weighted by Crippen LogP contribution is 2.41. The molecule has 0 amide bonds. The second kappa shape index (κ2) is 2.29. The first-order valence-electron chi connectivity index (χ1n) is 3.92. The fourth-order valence-corrected chi connectivity index (χ4v) is 2.54. The lowest BCUT2D eigenvalue weighted by Gasteiger charge is -2.37. The number of nitrogens with two attached hydrogens (primary N) is 1. The second-order valence-corrected chi connectivity index (χ2v) is 4.13. The van der Waals surface area contributed by atoms with Crippen LogP contribution in [0.3, 0.4) is 0 Å². The molecular formula is C8H12N2S. The molecule has 11 heavy (non-hydrogen) atoms. The Bertz CT molecular complexity index is 263. The minimum absolute atomic E-state index is 0.00868. The van der Waals surface area contributed by atoms with Crippen LogP contribution in [0.1, 0.15) is 29.8 Å². The van der Waals surface area contributed by atoms with Gasteiger partial charge in [-0.25, -0.2) is 4.98 Å². The molecule has 2 nitrogen and oxygen atoms in total. The molecule has 1 heterocycles. The molecule has 0 radical (unpaired) electrons. The molecule has 1 aromatic rings. The van der Waals surface area contributed by atoms with Gasteiger partial charge in [0.15, 0.2) is 0 Å². The van der Waals surface area contributed by atoms with Gasteiger partial charge in [-0.2, -0.15) is 0 Å². The van der Waals surface area contributed by atoms with Crippen molar-refractivity contribution in [2.24, 2.45) is 5.73 Å². The third-order valence-electron chi connectivity index (χ3n) is 2.44. The van der Waals surface area contributed by atoms with E-state index in [1.54, 1.807) is 11.3 Å². The Morgan fingerprint density at radius 2 is 2.36 bits per heavy atom. The summed E-state index contributed by atoms with van der Waals surface area (Å²) in [7, 11) is 0. The first-order valence-corrected chi connectivity index (χ1v) is 4.80. The van der Waals surface area contributed by atoms with Crippen molar-refractivity contribution in [2.75, 3.05) is 0 Å². The molecule has 1 aliphatic rings. The zero-order chi connectivity index (χ0) is 7.90. The van der Waals surface area contributed by atoms with Gasteiger partial charge in [-0.3, -0.25) is 0 Å². The summed E-state index contributed by atoms with van der Waals surface area (Å²) in [6.45, 7) is 2.04. The molecule has 0 spiro atoms. The SMILES string of the molecule is Cc1ncsc1C1(N)CCC1. The molecule has 0 unspecified atom stereocenters. The van der Waals surface area contributed by atoms with Crippen LogP contribution >= 0.6 is 11.3 Å². The van der Waals surface area contributed by atoms with E-state index in [2.05, 4.69) is 4.98 Å². The lowest BCUT2D eigenvalue weighted by Crippen LogP contribution is -2.43. The van der Waals surface area contributed by atoms with Crippen LogP contribution in [0.25, 0.3) is 0 Å². The van der Waals surface area contributed by atoms with Gasteiger partial charge in [0, 0.05) is 4.88 Å². The summed E-state index contributed by atoms with van der Waals surface area (Å²) in [5, 5.41) is 0. The third-order valence-corrected chi connectivity index (χ3v) is 3.59. The molecule has 0 aromatic carbocycles. The number of thiazole rings is 1. The maximum absolute atomic E-state index is 6.14. The van der Waals surface area contributed by atoms with E-state index < -0.39 is 0 Å². The summed E-state index contributed by atoms with van der Waals surface area (Å²) in [5.74, 6) is 0.